The lowest BCUT2D eigenvalue weighted by Crippen LogP contribution is -2.26. The predicted octanol–water partition coefficient (Wildman–Crippen LogP) is 0.935. The zero-order valence-corrected chi connectivity index (χ0v) is 10.6. The average molecular weight is 250 g/mol. The molecule has 5 heteroatoms. The molecule has 1 atom stereocenters. The summed E-state index contributed by atoms with van der Waals surface area (Å²) in [6.07, 6.45) is 0.226. The van der Waals surface area contributed by atoms with Crippen molar-refractivity contribution in [1.29, 1.82) is 0 Å². The molecule has 0 aliphatic rings. The van der Waals surface area contributed by atoms with Gasteiger partial charge in [-0.1, -0.05) is 19.1 Å². The van der Waals surface area contributed by atoms with Crippen molar-refractivity contribution in [2.24, 2.45) is 11.7 Å². The zero-order chi connectivity index (χ0) is 13.5. The number of hydrogen-bond acceptors (Lipinski definition) is 4. The summed E-state index contributed by atoms with van der Waals surface area (Å²) < 4.78 is 4.57. The largest absolute Gasteiger partial charge is 0.469 e. The van der Waals surface area contributed by atoms with E-state index in [9.17, 15) is 9.59 Å². The molecule has 0 saturated carbocycles. The van der Waals surface area contributed by atoms with Crippen LogP contribution < -0.4 is 11.1 Å². The van der Waals surface area contributed by atoms with Gasteiger partial charge in [0.1, 0.15) is 0 Å². The quantitative estimate of drug-likeness (QED) is 0.762. The highest BCUT2D eigenvalue weighted by Gasteiger charge is 2.10. The standard InChI is InChI=1S/C13H18N2O3/c1-9(8-14)13(17)15-11-5-3-10(4-6-11)7-12(16)18-2/h3-6,9H,7-8,14H2,1-2H3,(H,15,17). The van der Waals surface area contributed by atoms with Gasteiger partial charge in [0.25, 0.3) is 0 Å². The lowest BCUT2D eigenvalue weighted by molar-refractivity contribution is -0.139. The number of anilines is 1. The first-order chi connectivity index (χ1) is 8.56. The van der Waals surface area contributed by atoms with Crippen LogP contribution in [0.15, 0.2) is 24.3 Å². The van der Waals surface area contributed by atoms with E-state index in [0.29, 0.717) is 12.2 Å². The molecule has 18 heavy (non-hydrogen) atoms. The van der Waals surface area contributed by atoms with Crippen molar-refractivity contribution in [2.75, 3.05) is 19.0 Å². The van der Waals surface area contributed by atoms with Crippen molar-refractivity contribution >= 4 is 17.6 Å². The molecule has 1 rings (SSSR count). The smallest absolute Gasteiger partial charge is 0.309 e. The summed E-state index contributed by atoms with van der Waals surface area (Å²) in [6.45, 7) is 2.08. The number of esters is 1. The van der Waals surface area contributed by atoms with Crippen LogP contribution in [0.1, 0.15) is 12.5 Å². The van der Waals surface area contributed by atoms with Crippen molar-refractivity contribution < 1.29 is 14.3 Å². The molecule has 0 spiro atoms. The summed E-state index contributed by atoms with van der Waals surface area (Å²) in [5.74, 6) is -0.624. The molecule has 1 unspecified atom stereocenters. The van der Waals surface area contributed by atoms with Gasteiger partial charge in [0.15, 0.2) is 0 Å². The van der Waals surface area contributed by atoms with Crippen LogP contribution in [0.5, 0.6) is 0 Å². The minimum Gasteiger partial charge on any atom is -0.469 e. The van der Waals surface area contributed by atoms with E-state index < -0.39 is 0 Å². The first kappa shape index (κ1) is 14.2. The predicted molar refractivity (Wildman–Crippen MR) is 69.0 cm³/mol. The maximum absolute atomic E-state index is 11.6. The summed E-state index contributed by atoms with van der Waals surface area (Å²) in [5, 5.41) is 2.75. The highest BCUT2D eigenvalue weighted by atomic mass is 16.5. The lowest BCUT2D eigenvalue weighted by atomic mass is 10.1. The SMILES string of the molecule is COC(=O)Cc1ccc(NC(=O)C(C)CN)cc1. The van der Waals surface area contributed by atoms with Gasteiger partial charge >= 0.3 is 5.97 Å². The summed E-state index contributed by atoms with van der Waals surface area (Å²) in [4.78, 5) is 22.7. The van der Waals surface area contributed by atoms with Crippen LogP contribution in [0.25, 0.3) is 0 Å². The maximum Gasteiger partial charge on any atom is 0.309 e. The van der Waals surface area contributed by atoms with E-state index in [-0.39, 0.29) is 24.2 Å². The molecule has 0 aromatic heterocycles. The fourth-order valence-corrected chi connectivity index (χ4v) is 1.32. The summed E-state index contributed by atoms with van der Waals surface area (Å²) in [7, 11) is 1.35. The Labute approximate surface area is 106 Å². The molecule has 1 aromatic rings. The normalized spacial score (nSPS) is 11.7. The molecule has 0 bridgehead atoms. The molecule has 3 N–H and O–H groups in total. The number of rotatable bonds is 5. The van der Waals surface area contributed by atoms with E-state index in [0.717, 1.165) is 5.56 Å². The fourth-order valence-electron chi connectivity index (χ4n) is 1.32. The minimum absolute atomic E-state index is 0.113. The van der Waals surface area contributed by atoms with Crippen molar-refractivity contribution in [3.8, 4) is 0 Å². The number of hydrogen-bond donors (Lipinski definition) is 2. The van der Waals surface area contributed by atoms with Crippen LogP contribution in [0.4, 0.5) is 5.69 Å². The molecule has 0 aliphatic heterocycles. The highest BCUT2D eigenvalue weighted by molar-refractivity contribution is 5.92. The highest BCUT2D eigenvalue weighted by Crippen LogP contribution is 2.11. The molecule has 1 aromatic carbocycles. The number of nitrogens with two attached hydrogens (primary N) is 1. The minimum atomic E-state index is -0.288. The van der Waals surface area contributed by atoms with Crippen molar-refractivity contribution in [2.45, 2.75) is 13.3 Å². The van der Waals surface area contributed by atoms with Gasteiger partial charge in [-0.05, 0) is 17.7 Å². The molecule has 1 amide bonds. The van der Waals surface area contributed by atoms with Crippen LogP contribution in [0.3, 0.4) is 0 Å². The molecule has 0 aliphatic carbocycles. The number of carbonyl (C=O) groups is 2. The van der Waals surface area contributed by atoms with E-state index in [1.807, 2.05) is 0 Å². The number of methoxy groups -OCH3 is 1. The monoisotopic (exact) mass is 250 g/mol. The third-order valence-corrected chi connectivity index (χ3v) is 2.60. The van der Waals surface area contributed by atoms with Gasteiger partial charge in [0.2, 0.25) is 5.91 Å². The van der Waals surface area contributed by atoms with Gasteiger partial charge in [0, 0.05) is 18.2 Å². The van der Waals surface area contributed by atoms with Gasteiger partial charge in [-0.25, -0.2) is 0 Å². The molecule has 5 nitrogen and oxygen atoms in total. The number of nitrogens with one attached hydrogen (secondary N) is 1. The van der Waals surface area contributed by atoms with Crippen molar-refractivity contribution in [3.63, 3.8) is 0 Å². The van der Waals surface area contributed by atoms with E-state index in [1.54, 1.807) is 31.2 Å². The van der Waals surface area contributed by atoms with E-state index in [4.69, 9.17) is 5.73 Å². The second-order valence-corrected chi connectivity index (χ2v) is 4.08. The Bertz CT molecular complexity index is 415. The second kappa shape index (κ2) is 6.76. The van der Waals surface area contributed by atoms with Gasteiger partial charge in [0.05, 0.1) is 13.5 Å². The molecule has 0 saturated heterocycles. The Hall–Kier alpha value is -1.88. The fraction of sp³-hybridized carbons (Fsp3) is 0.385. The first-order valence-electron chi connectivity index (χ1n) is 5.73. The van der Waals surface area contributed by atoms with Crippen LogP contribution in [-0.4, -0.2) is 25.5 Å². The number of ether oxygens (including phenoxy) is 1. The van der Waals surface area contributed by atoms with E-state index in [2.05, 4.69) is 10.1 Å². The summed E-state index contributed by atoms with van der Waals surface area (Å²) >= 11 is 0. The van der Waals surface area contributed by atoms with Crippen LogP contribution in [-0.2, 0) is 20.7 Å². The number of benzene rings is 1. The van der Waals surface area contributed by atoms with Gasteiger partial charge in [-0.3, -0.25) is 9.59 Å². The Morgan fingerprint density at radius 3 is 2.44 bits per heavy atom. The van der Waals surface area contributed by atoms with Crippen LogP contribution >= 0.6 is 0 Å². The Kier molecular flexibility index (Phi) is 5.32. The van der Waals surface area contributed by atoms with Gasteiger partial charge in [-0.15, -0.1) is 0 Å². The summed E-state index contributed by atoms with van der Waals surface area (Å²) in [6, 6.07) is 7.05. The zero-order valence-electron chi connectivity index (χ0n) is 10.6. The van der Waals surface area contributed by atoms with Crippen LogP contribution in [0.2, 0.25) is 0 Å². The summed E-state index contributed by atoms with van der Waals surface area (Å²) in [5.41, 5.74) is 6.94. The lowest BCUT2D eigenvalue weighted by Gasteiger charge is -2.10. The van der Waals surface area contributed by atoms with Gasteiger partial charge < -0.3 is 15.8 Å². The Morgan fingerprint density at radius 2 is 1.94 bits per heavy atom. The van der Waals surface area contributed by atoms with E-state index in [1.165, 1.54) is 7.11 Å². The first-order valence-corrected chi connectivity index (χ1v) is 5.73. The third-order valence-electron chi connectivity index (χ3n) is 2.60. The maximum atomic E-state index is 11.6. The van der Waals surface area contributed by atoms with Gasteiger partial charge in [-0.2, -0.15) is 0 Å². The Balaban J connectivity index is 2.60. The van der Waals surface area contributed by atoms with Crippen LogP contribution in [0, 0.1) is 5.92 Å². The average Bonchev–Trinajstić information content (AvgIpc) is 2.39. The van der Waals surface area contributed by atoms with Crippen molar-refractivity contribution in [3.05, 3.63) is 29.8 Å². The molecular weight excluding hydrogens is 232 g/mol. The molecule has 98 valence electrons. The van der Waals surface area contributed by atoms with E-state index >= 15 is 0 Å². The third kappa shape index (κ3) is 4.18. The number of amides is 1. The topological polar surface area (TPSA) is 81.4 Å². The molecule has 0 fully saturated rings. The molecule has 0 radical (unpaired) electrons. The van der Waals surface area contributed by atoms with Crippen molar-refractivity contribution in [1.82, 2.24) is 0 Å². The molecule has 0 heterocycles. The number of carbonyl (C=O) groups excluding carboxylic acids is 2. The Morgan fingerprint density at radius 1 is 1.33 bits per heavy atom. The second-order valence-electron chi connectivity index (χ2n) is 4.08. The molecular formula is C13H18N2O3.